The Morgan fingerprint density at radius 2 is 1.75 bits per heavy atom. The largest absolute Gasteiger partial charge is 0.507 e. The van der Waals surface area contributed by atoms with E-state index < -0.39 is 5.92 Å². The molecule has 0 radical (unpaired) electrons. The number of piperidine rings is 1. The van der Waals surface area contributed by atoms with E-state index in [1.54, 1.807) is 24.5 Å². The number of phenolic OH excluding ortho intramolecular Hbond substituents is 1. The van der Waals surface area contributed by atoms with Crippen LogP contribution in [0.4, 0.5) is 5.95 Å². The lowest BCUT2D eigenvalue weighted by molar-refractivity contribution is -0.144. The van der Waals surface area contributed by atoms with Crippen molar-refractivity contribution in [2.75, 3.05) is 25.1 Å². The fourth-order valence-electron chi connectivity index (χ4n) is 6.32. The minimum atomic E-state index is -0.521. The number of phenols is 1. The molecule has 7 rings (SSSR count). The Morgan fingerprint density at radius 3 is 2.43 bits per heavy atom. The van der Waals surface area contributed by atoms with E-state index in [9.17, 15) is 9.90 Å². The van der Waals surface area contributed by atoms with Crippen LogP contribution in [0.3, 0.4) is 0 Å². The molecule has 1 N–H and O–H groups in total. The van der Waals surface area contributed by atoms with Gasteiger partial charge in [0.1, 0.15) is 22.9 Å². The molecule has 5 aromatic rings. The fourth-order valence-corrected chi connectivity index (χ4v) is 6.32. The smallest absolute Gasteiger partial charge is 0.316 e. The van der Waals surface area contributed by atoms with E-state index in [1.807, 2.05) is 32.0 Å². The minimum Gasteiger partial charge on any atom is -0.507 e. The highest BCUT2D eigenvalue weighted by Crippen LogP contribution is 2.44. The van der Waals surface area contributed by atoms with E-state index >= 15 is 0 Å². The van der Waals surface area contributed by atoms with Crippen LogP contribution >= 0.6 is 0 Å². The third-order valence-electron chi connectivity index (χ3n) is 8.80. The lowest BCUT2D eigenvalue weighted by Gasteiger charge is -2.32. The maximum absolute atomic E-state index is 12.3. The van der Waals surface area contributed by atoms with Crippen LogP contribution in [0.2, 0.25) is 0 Å². The zero-order valence-electron chi connectivity index (χ0n) is 25.1. The average molecular weight is 594 g/mol. The number of hydrogen-bond acceptors (Lipinski definition) is 10. The van der Waals surface area contributed by atoms with Crippen LogP contribution in [-0.2, 0) is 9.53 Å². The van der Waals surface area contributed by atoms with Crippen molar-refractivity contribution >= 4 is 23.0 Å². The van der Waals surface area contributed by atoms with E-state index in [2.05, 4.69) is 46.9 Å². The standard InChI is InChI=1S/C33H35N7O4/c1-19(2)31(32(42)43-3)30-16-24(38-44-30)21-17-34-33(35-18-21)39-12-10-20(11-13-39)27-15-26-28(40(27)22-8-9-22)14-25(36-37-26)23-6-4-5-7-29(23)41/h4-7,14-20,22,31,41H,8-13H2,1-3H3. The molecule has 1 atom stereocenters. The second kappa shape index (κ2) is 11.4. The molecule has 1 saturated carbocycles. The van der Waals surface area contributed by atoms with Gasteiger partial charge < -0.3 is 23.8 Å². The van der Waals surface area contributed by atoms with Crippen molar-refractivity contribution in [3.8, 4) is 28.3 Å². The zero-order valence-corrected chi connectivity index (χ0v) is 25.1. The predicted octanol–water partition coefficient (Wildman–Crippen LogP) is 5.88. The van der Waals surface area contributed by atoms with Crippen LogP contribution < -0.4 is 4.90 Å². The molecule has 11 nitrogen and oxygen atoms in total. The van der Waals surface area contributed by atoms with Crippen LogP contribution in [0.25, 0.3) is 33.5 Å². The molecule has 2 fully saturated rings. The Labute approximate surface area is 254 Å². The van der Waals surface area contributed by atoms with Gasteiger partial charge in [-0.3, -0.25) is 4.79 Å². The number of hydrogen-bond donors (Lipinski definition) is 1. The Morgan fingerprint density at radius 1 is 1.00 bits per heavy atom. The number of aromatic hydroxyl groups is 1. The summed E-state index contributed by atoms with van der Waals surface area (Å²) in [7, 11) is 1.38. The second-order valence-corrected chi connectivity index (χ2v) is 12.1. The van der Waals surface area contributed by atoms with Crippen molar-refractivity contribution < 1.29 is 19.2 Å². The molecule has 1 unspecified atom stereocenters. The first kappa shape index (κ1) is 28.0. The Kier molecular flexibility index (Phi) is 7.23. The number of rotatable bonds is 8. The van der Waals surface area contributed by atoms with Gasteiger partial charge in [0.15, 0.2) is 5.76 Å². The summed E-state index contributed by atoms with van der Waals surface area (Å²) < 4.78 is 12.9. The highest BCUT2D eigenvalue weighted by Gasteiger charge is 2.33. The average Bonchev–Trinajstić information content (AvgIpc) is 3.64. The zero-order chi connectivity index (χ0) is 30.4. The first-order valence-corrected chi connectivity index (χ1v) is 15.2. The number of para-hydroxylation sites is 1. The van der Waals surface area contributed by atoms with Gasteiger partial charge in [0, 0.05) is 60.3 Å². The molecule has 4 aromatic heterocycles. The van der Waals surface area contributed by atoms with Crippen LogP contribution in [0.15, 0.2) is 59.4 Å². The number of fused-ring (bicyclic) bond motifs is 1. The van der Waals surface area contributed by atoms with E-state index in [0.29, 0.717) is 40.6 Å². The number of benzene rings is 1. The summed E-state index contributed by atoms with van der Waals surface area (Å²) in [6.45, 7) is 5.57. The Bertz CT molecular complexity index is 1800. The van der Waals surface area contributed by atoms with Gasteiger partial charge in [-0.15, -0.1) is 10.2 Å². The van der Waals surface area contributed by atoms with E-state index in [4.69, 9.17) is 9.26 Å². The minimum absolute atomic E-state index is 0.00415. The third kappa shape index (κ3) is 5.16. The van der Waals surface area contributed by atoms with Crippen molar-refractivity contribution in [3.05, 3.63) is 66.3 Å². The number of ether oxygens (including phenoxy) is 1. The molecule has 1 aromatic carbocycles. The van der Waals surface area contributed by atoms with Crippen molar-refractivity contribution in [1.82, 2.24) is 29.9 Å². The number of nitrogens with zero attached hydrogens (tertiary/aromatic N) is 7. The van der Waals surface area contributed by atoms with Gasteiger partial charge in [0.2, 0.25) is 5.95 Å². The van der Waals surface area contributed by atoms with Gasteiger partial charge in [0.05, 0.1) is 18.3 Å². The molecule has 0 spiro atoms. The van der Waals surface area contributed by atoms with Crippen LogP contribution in [0.1, 0.15) is 68.9 Å². The van der Waals surface area contributed by atoms with Crippen molar-refractivity contribution in [3.63, 3.8) is 0 Å². The molecular formula is C33H35N7O4. The SMILES string of the molecule is COC(=O)C(c1cc(-c2cnc(N3CCC(c4cc5nnc(-c6ccccc6O)cc5n4C4CC4)CC3)nc2)no1)C(C)C. The quantitative estimate of drug-likeness (QED) is 0.218. The molecule has 0 amide bonds. The van der Waals surface area contributed by atoms with Gasteiger partial charge in [-0.25, -0.2) is 9.97 Å². The van der Waals surface area contributed by atoms with Gasteiger partial charge in [-0.1, -0.05) is 31.1 Å². The number of anilines is 1. The van der Waals surface area contributed by atoms with Gasteiger partial charge in [-0.2, -0.15) is 0 Å². The highest BCUT2D eigenvalue weighted by atomic mass is 16.5. The number of carbonyl (C=O) groups is 1. The lowest BCUT2D eigenvalue weighted by atomic mass is 9.93. The molecule has 1 aliphatic heterocycles. The van der Waals surface area contributed by atoms with Gasteiger partial charge in [0.25, 0.3) is 0 Å². The molecule has 11 heteroatoms. The number of aromatic nitrogens is 6. The number of carbonyl (C=O) groups excluding carboxylic acids is 1. The van der Waals surface area contributed by atoms with E-state index in [1.165, 1.54) is 12.8 Å². The normalized spacial score (nSPS) is 16.5. The van der Waals surface area contributed by atoms with Crippen LogP contribution in [-0.4, -0.2) is 61.2 Å². The topological polar surface area (TPSA) is 132 Å². The predicted molar refractivity (Wildman–Crippen MR) is 164 cm³/mol. The molecule has 44 heavy (non-hydrogen) atoms. The molecule has 0 bridgehead atoms. The molecule has 2 aliphatic rings. The molecule has 5 heterocycles. The summed E-state index contributed by atoms with van der Waals surface area (Å²) in [5.41, 5.74) is 5.98. The molecule has 1 aliphatic carbocycles. The van der Waals surface area contributed by atoms with Crippen LogP contribution in [0.5, 0.6) is 5.75 Å². The van der Waals surface area contributed by atoms with Gasteiger partial charge >= 0.3 is 5.97 Å². The fraction of sp³-hybridized carbons (Fsp3) is 0.394. The summed E-state index contributed by atoms with van der Waals surface area (Å²) in [6, 6.07) is 13.8. The summed E-state index contributed by atoms with van der Waals surface area (Å²) in [6.07, 6.45) is 7.79. The lowest BCUT2D eigenvalue weighted by Crippen LogP contribution is -2.34. The van der Waals surface area contributed by atoms with E-state index in [0.717, 1.165) is 55.4 Å². The van der Waals surface area contributed by atoms with Crippen LogP contribution in [0, 0.1) is 5.92 Å². The van der Waals surface area contributed by atoms with E-state index in [-0.39, 0.29) is 17.6 Å². The first-order chi connectivity index (χ1) is 21.4. The summed E-state index contributed by atoms with van der Waals surface area (Å²) in [5.74, 6) is 0.893. The maximum Gasteiger partial charge on any atom is 0.316 e. The first-order valence-electron chi connectivity index (χ1n) is 15.2. The maximum atomic E-state index is 12.3. The number of esters is 1. The summed E-state index contributed by atoms with van der Waals surface area (Å²) in [4.78, 5) is 23.8. The Hall–Kier alpha value is -4.80. The highest BCUT2D eigenvalue weighted by molar-refractivity contribution is 5.82. The monoisotopic (exact) mass is 593 g/mol. The second-order valence-electron chi connectivity index (χ2n) is 12.1. The van der Waals surface area contributed by atoms with Crippen molar-refractivity contribution in [1.29, 1.82) is 0 Å². The summed E-state index contributed by atoms with van der Waals surface area (Å²) >= 11 is 0. The molecule has 226 valence electrons. The Balaban J connectivity index is 1.06. The molecular weight excluding hydrogens is 558 g/mol. The molecule has 1 saturated heterocycles. The number of methoxy groups -OCH3 is 1. The summed E-state index contributed by atoms with van der Waals surface area (Å²) in [5, 5.41) is 23.6. The van der Waals surface area contributed by atoms with Gasteiger partial charge in [-0.05, 0) is 55.9 Å². The van der Waals surface area contributed by atoms with Crippen molar-refractivity contribution in [2.24, 2.45) is 5.92 Å². The van der Waals surface area contributed by atoms with Crippen molar-refractivity contribution in [2.45, 2.75) is 57.4 Å². The third-order valence-corrected chi connectivity index (χ3v) is 8.80.